The van der Waals surface area contributed by atoms with Gasteiger partial charge in [-0.1, -0.05) is 36.4 Å². The highest BCUT2D eigenvalue weighted by Crippen LogP contribution is 2.22. The number of benzene rings is 2. The minimum absolute atomic E-state index is 0.296. The first-order valence-electron chi connectivity index (χ1n) is 6.79. The number of carbonyl (C=O) groups is 1. The van der Waals surface area contributed by atoms with E-state index in [2.05, 4.69) is 6.58 Å². The number of hydrogen-bond acceptors (Lipinski definition) is 3. The molecule has 21 heavy (non-hydrogen) atoms. The van der Waals surface area contributed by atoms with Crippen molar-refractivity contribution in [2.45, 2.75) is 13.0 Å². The number of aliphatic hydroxyl groups is 1. The quantitative estimate of drug-likeness (QED) is 0.626. The Labute approximate surface area is 124 Å². The van der Waals surface area contributed by atoms with E-state index in [1.54, 1.807) is 24.3 Å². The van der Waals surface area contributed by atoms with Crippen LogP contribution in [-0.2, 0) is 13.0 Å². The Kier molecular flexibility index (Phi) is 5.29. The molecular formula is C18H18O3. The zero-order valence-corrected chi connectivity index (χ0v) is 11.8. The van der Waals surface area contributed by atoms with E-state index in [1.807, 2.05) is 30.3 Å². The normalized spacial score (nSPS) is 10.1. The SMILES string of the molecule is C=CCc1cc(C(=O)CO)ccc1OCc1ccccc1. The summed E-state index contributed by atoms with van der Waals surface area (Å²) in [5.74, 6) is 0.433. The van der Waals surface area contributed by atoms with E-state index in [1.165, 1.54) is 0 Å². The predicted octanol–water partition coefficient (Wildman–Crippen LogP) is 3.17. The minimum Gasteiger partial charge on any atom is -0.489 e. The van der Waals surface area contributed by atoms with Gasteiger partial charge in [-0.3, -0.25) is 4.79 Å². The van der Waals surface area contributed by atoms with Crippen molar-refractivity contribution < 1.29 is 14.6 Å². The summed E-state index contributed by atoms with van der Waals surface area (Å²) in [6, 6.07) is 15.1. The lowest BCUT2D eigenvalue weighted by Gasteiger charge is -2.12. The van der Waals surface area contributed by atoms with Crippen LogP contribution in [-0.4, -0.2) is 17.5 Å². The van der Waals surface area contributed by atoms with Gasteiger partial charge in [0, 0.05) is 5.56 Å². The average molecular weight is 282 g/mol. The number of ketones is 1. The lowest BCUT2D eigenvalue weighted by Crippen LogP contribution is -2.06. The molecule has 0 aliphatic heterocycles. The summed E-state index contributed by atoms with van der Waals surface area (Å²) in [5.41, 5.74) is 2.46. The third kappa shape index (κ3) is 4.04. The molecule has 3 heteroatoms. The molecule has 0 aromatic heterocycles. The second-order valence-electron chi connectivity index (χ2n) is 4.67. The van der Waals surface area contributed by atoms with Crippen LogP contribution in [0, 0.1) is 0 Å². The molecule has 0 unspecified atom stereocenters. The van der Waals surface area contributed by atoms with Crippen LogP contribution < -0.4 is 4.74 Å². The van der Waals surface area contributed by atoms with Crippen LogP contribution in [0.4, 0.5) is 0 Å². The first-order chi connectivity index (χ1) is 10.2. The number of Topliss-reactive ketones (excluding diaryl/α,β-unsaturated/α-hetero) is 1. The first kappa shape index (κ1) is 15.0. The molecule has 0 aliphatic rings. The van der Waals surface area contributed by atoms with Crippen molar-refractivity contribution in [2.75, 3.05) is 6.61 Å². The van der Waals surface area contributed by atoms with E-state index in [9.17, 15) is 4.79 Å². The standard InChI is InChI=1S/C18H18O3/c1-2-6-16-11-15(17(20)12-19)9-10-18(16)21-13-14-7-4-3-5-8-14/h2-5,7-11,19H,1,6,12-13H2. The second kappa shape index (κ2) is 7.41. The highest BCUT2D eigenvalue weighted by atomic mass is 16.5. The Balaban J connectivity index is 2.18. The molecule has 0 saturated heterocycles. The van der Waals surface area contributed by atoms with Gasteiger partial charge in [0.05, 0.1) is 0 Å². The van der Waals surface area contributed by atoms with Crippen molar-refractivity contribution >= 4 is 5.78 Å². The topological polar surface area (TPSA) is 46.5 Å². The van der Waals surface area contributed by atoms with Gasteiger partial charge < -0.3 is 9.84 Å². The van der Waals surface area contributed by atoms with Crippen LogP contribution >= 0.6 is 0 Å². The molecule has 3 nitrogen and oxygen atoms in total. The molecule has 108 valence electrons. The number of allylic oxidation sites excluding steroid dienone is 1. The summed E-state index contributed by atoms with van der Waals surface area (Å²) in [5, 5.41) is 8.93. The average Bonchev–Trinajstić information content (AvgIpc) is 2.54. The van der Waals surface area contributed by atoms with Gasteiger partial charge in [0.1, 0.15) is 19.0 Å². The molecular weight excluding hydrogens is 264 g/mol. The molecule has 0 bridgehead atoms. The summed E-state index contributed by atoms with van der Waals surface area (Å²) in [6.07, 6.45) is 2.37. The highest BCUT2D eigenvalue weighted by molar-refractivity contribution is 5.97. The molecule has 0 spiro atoms. The van der Waals surface area contributed by atoms with Crippen molar-refractivity contribution in [1.82, 2.24) is 0 Å². The van der Waals surface area contributed by atoms with Gasteiger partial charge in [0.2, 0.25) is 0 Å². The lowest BCUT2D eigenvalue weighted by atomic mass is 10.0. The Hall–Kier alpha value is -2.39. The lowest BCUT2D eigenvalue weighted by molar-refractivity contribution is 0.0903. The van der Waals surface area contributed by atoms with Crippen LogP contribution in [0.15, 0.2) is 61.2 Å². The Morgan fingerprint density at radius 2 is 1.95 bits per heavy atom. The number of hydrogen-bond donors (Lipinski definition) is 1. The Morgan fingerprint density at radius 1 is 1.19 bits per heavy atom. The molecule has 2 aromatic rings. The minimum atomic E-state index is -0.488. The van der Waals surface area contributed by atoms with E-state index >= 15 is 0 Å². The second-order valence-corrected chi connectivity index (χ2v) is 4.67. The summed E-state index contributed by atoms with van der Waals surface area (Å²) in [4.78, 5) is 11.5. The maximum atomic E-state index is 11.5. The summed E-state index contributed by atoms with van der Waals surface area (Å²) >= 11 is 0. The largest absolute Gasteiger partial charge is 0.489 e. The molecule has 0 saturated carbocycles. The molecule has 2 rings (SSSR count). The summed E-state index contributed by atoms with van der Waals surface area (Å²) < 4.78 is 5.82. The number of ether oxygens (including phenoxy) is 1. The zero-order chi connectivity index (χ0) is 15.1. The molecule has 0 amide bonds. The van der Waals surface area contributed by atoms with Crippen LogP contribution in [0.2, 0.25) is 0 Å². The Morgan fingerprint density at radius 3 is 2.62 bits per heavy atom. The highest BCUT2D eigenvalue weighted by Gasteiger charge is 2.09. The molecule has 0 fully saturated rings. The fourth-order valence-electron chi connectivity index (χ4n) is 2.04. The van der Waals surface area contributed by atoms with E-state index < -0.39 is 6.61 Å². The summed E-state index contributed by atoms with van der Waals surface area (Å²) in [7, 11) is 0. The van der Waals surface area contributed by atoms with Crippen molar-refractivity contribution in [3.63, 3.8) is 0 Å². The van der Waals surface area contributed by atoms with Crippen molar-refractivity contribution in [1.29, 1.82) is 0 Å². The van der Waals surface area contributed by atoms with E-state index in [0.29, 0.717) is 18.6 Å². The zero-order valence-electron chi connectivity index (χ0n) is 11.8. The fourth-order valence-corrected chi connectivity index (χ4v) is 2.04. The van der Waals surface area contributed by atoms with Gasteiger partial charge in [-0.25, -0.2) is 0 Å². The van der Waals surface area contributed by atoms with Gasteiger partial charge in [0.25, 0.3) is 0 Å². The molecule has 0 atom stereocenters. The van der Waals surface area contributed by atoms with E-state index in [4.69, 9.17) is 9.84 Å². The van der Waals surface area contributed by atoms with Gasteiger partial charge >= 0.3 is 0 Å². The molecule has 0 radical (unpaired) electrons. The number of aliphatic hydroxyl groups excluding tert-OH is 1. The van der Waals surface area contributed by atoms with Crippen molar-refractivity contribution in [2.24, 2.45) is 0 Å². The van der Waals surface area contributed by atoms with Gasteiger partial charge in [0.15, 0.2) is 5.78 Å². The smallest absolute Gasteiger partial charge is 0.188 e. The van der Waals surface area contributed by atoms with Crippen LogP contribution in [0.5, 0.6) is 5.75 Å². The van der Waals surface area contributed by atoms with Crippen molar-refractivity contribution in [3.05, 3.63) is 77.9 Å². The Bertz CT molecular complexity index is 618. The van der Waals surface area contributed by atoms with Crippen LogP contribution in [0.3, 0.4) is 0 Å². The monoisotopic (exact) mass is 282 g/mol. The van der Waals surface area contributed by atoms with E-state index in [-0.39, 0.29) is 5.78 Å². The number of carbonyl (C=O) groups excluding carboxylic acids is 1. The molecule has 0 heterocycles. The maximum absolute atomic E-state index is 11.5. The van der Waals surface area contributed by atoms with Gasteiger partial charge in [-0.05, 0) is 35.7 Å². The van der Waals surface area contributed by atoms with Gasteiger partial charge in [-0.15, -0.1) is 6.58 Å². The predicted molar refractivity (Wildman–Crippen MR) is 82.5 cm³/mol. The molecule has 2 aromatic carbocycles. The van der Waals surface area contributed by atoms with E-state index in [0.717, 1.165) is 16.9 Å². The molecule has 0 aliphatic carbocycles. The fraction of sp³-hybridized carbons (Fsp3) is 0.167. The third-order valence-corrected chi connectivity index (χ3v) is 3.13. The first-order valence-corrected chi connectivity index (χ1v) is 6.79. The molecule has 1 N–H and O–H groups in total. The van der Waals surface area contributed by atoms with Crippen LogP contribution in [0.1, 0.15) is 21.5 Å². The van der Waals surface area contributed by atoms with Crippen molar-refractivity contribution in [3.8, 4) is 5.75 Å². The summed E-state index contributed by atoms with van der Waals surface area (Å²) in [6.45, 7) is 3.70. The van der Waals surface area contributed by atoms with Gasteiger partial charge in [-0.2, -0.15) is 0 Å². The van der Waals surface area contributed by atoms with Crippen LogP contribution in [0.25, 0.3) is 0 Å². The number of rotatable bonds is 7. The maximum Gasteiger partial charge on any atom is 0.188 e. The third-order valence-electron chi connectivity index (χ3n) is 3.13.